The zero-order valence-electron chi connectivity index (χ0n) is 14.6. The summed E-state index contributed by atoms with van der Waals surface area (Å²) in [7, 11) is 0. The molecular weight excluding hydrogens is 314 g/mol. The molecule has 132 valence electrons. The van der Waals surface area contributed by atoms with Gasteiger partial charge in [-0.2, -0.15) is 0 Å². The average Bonchev–Trinajstić information content (AvgIpc) is 2.64. The molecule has 0 atom stereocenters. The monoisotopic (exact) mass is 339 g/mol. The first-order chi connectivity index (χ1) is 12.1. The zero-order valence-corrected chi connectivity index (χ0v) is 14.6. The summed E-state index contributed by atoms with van der Waals surface area (Å²) in [5, 5.41) is 0. The molecule has 2 aromatic rings. The summed E-state index contributed by atoms with van der Waals surface area (Å²) in [6.07, 6.45) is 7.76. The summed E-state index contributed by atoms with van der Waals surface area (Å²) in [6.45, 7) is 2.71. The second-order valence-electron chi connectivity index (χ2n) is 6.86. The van der Waals surface area contributed by atoms with E-state index in [4.69, 9.17) is 0 Å². The van der Waals surface area contributed by atoms with Crippen LogP contribution in [0.25, 0.3) is 0 Å². The number of benzene rings is 1. The van der Waals surface area contributed by atoms with Crippen LogP contribution in [0.5, 0.6) is 0 Å². The smallest absolute Gasteiger partial charge is 0.271 e. The third-order valence-electron chi connectivity index (χ3n) is 4.80. The number of aryl methyl sites for hydroxylation is 1. The van der Waals surface area contributed by atoms with E-state index < -0.39 is 0 Å². The number of carbonyl (C=O) groups excluding carboxylic acids is 1. The van der Waals surface area contributed by atoms with Crippen molar-refractivity contribution in [3.05, 3.63) is 64.1 Å². The van der Waals surface area contributed by atoms with Gasteiger partial charge in [0.2, 0.25) is 0 Å². The highest BCUT2D eigenvalue weighted by Gasteiger charge is 2.15. The fourth-order valence-electron chi connectivity index (χ4n) is 3.29. The van der Waals surface area contributed by atoms with Crippen LogP contribution in [0, 0.1) is 12.8 Å². The maximum Gasteiger partial charge on any atom is 0.271 e. The molecule has 5 heteroatoms. The van der Waals surface area contributed by atoms with Crippen LogP contribution in [0.2, 0.25) is 0 Å². The van der Waals surface area contributed by atoms with Crippen LogP contribution >= 0.6 is 0 Å². The number of pyridine rings is 1. The van der Waals surface area contributed by atoms with Gasteiger partial charge in [-0.1, -0.05) is 37.0 Å². The molecule has 2 N–H and O–H groups in total. The van der Waals surface area contributed by atoms with Gasteiger partial charge in [0, 0.05) is 18.8 Å². The van der Waals surface area contributed by atoms with E-state index in [1.807, 2.05) is 31.2 Å². The summed E-state index contributed by atoms with van der Waals surface area (Å²) < 4.78 is 1.68. The minimum Gasteiger partial charge on any atom is -0.314 e. The van der Waals surface area contributed by atoms with Crippen molar-refractivity contribution >= 4 is 11.6 Å². The molecule has 25 heavy (non-hydrogen) atoms. The maximum absolute atomic E-state index is 12.4. The lowest BCUT2D eigenvalue weighted by Gasteiger charge is -2.22. The molecule has 0 spiro atoms. The van der Waals surface area contributed by atoms with Gasteiger partial charge in [-0.05, 0) is 43.9 Å². The Labute approximate surface area is 148 Å². The van der Waals surface area contributed by atoms with Gasteiger partial charge in [-0.15, -0.1) is 0 Å². The van der Waals surface area contributed by atoms with Crippen molar-refractivity contribution in [2.45, 2.75) is 45.6 Å². The second-order valence-corrected chi connectivity index (χ2v) is 6.86. The van der Waals surface area contributed by atoms with Gasteiger partial charge in [-0.3, -0.25) is 20.4 Å². The van der Waals surface area contributed by atoms with Crippen LogP contribution < -0.4 is 16.4 Å². The van der Waals surface area contributed by atoms with Gasteiger partial charge in [0.05, 0.1) is 11.3 Å². The van der Waals surface area contributed by atoms with Crippen molar-refractivity contribution in [2.75, 3.05) is 5.43 Å². The van der Waals surface area contributed by atoms with Crippen LogP contribution in [-0.4, -0.2) is 10.5 Å². The number of carbonyl (C=O) groups is 1. The molecule has 0 saturated heterocycles. The Morgan fingerprint density at radius 3 is 2.52 bits per heavy atom. The molecule has 3 rings (SSSR count). The van der Waals surface area contributed by atoms with Gasteiger partial charge >= 0.3 is 0 Å². The molecule has 1 aliphatic carbocycles. The second kappa shape index (κ2) is 8.01. The number of nitrogens with zero attached hydrogens (tertiary/aromatic N) is 1. The SMILES string of the molecule is Cc1ccc(NNC(=O)c2ccc(=O)n(CC3CCCCC3)c2)cc1. The van der Waals surface area contributed by atoms with E-state index in [0.29, 0.717) is 18.0 Å². The highest BCUT2D eigenvalue weighted by atomic mass is 16.2. The largest absolute Gasteiger partial charge is 0.314 e. The van der Waals surface area contributed by atoms with Gasteiger partial charge in [0.25, 0.3) is 11.5 Å². The molecule has 1 aromatic heterocycles. The Hall–Kier alpha value is -2.56. The number of amides is 1. The molecule has 5 nitrogen and oxygen atoms in total. The molecule has 0 aliphatic heterocycles. The Morgan fingerprint density at radius 2 is 1.80 bits per heavy atom. The molecule has 0 bridgehead atoms. The molecule has 1 aliphatic rings. The Bertz CT molecular complexity index is 774. The number of aromatic nitrogens is 1. The Balaban J connectivity index is 1.64. The number of hydrogen-bond donors (Lipinski definition) is 2. The predicted molar refractivity (Wildman–Crippen MR) is 99.5 cm³/mol. The van der Waals surface area contributed by atoms with Crippen LogP contribution in [-0.2, 0) is 6.54 Å². The number of hydrogen-bond acceptors (Lipinski definition) is 3. The van der Waals surface area contributed by atoms with E-state index >= 15 is 0 Å². The van der Waals surface area contributed by atoms with Gasteiger partial charge in [0.15, 0.2) is 0 Å². The maximum atomic E-state index is 12.4. The summed E-state index contributed by atoms with van der Waals surface area (Å²) >= 11 is 0. The summed E-state index contributed by atoms with van der Waals surface area (Å²) in [4.78, 5) is 24.4. The molecule has 1 heterocycles. The lowest BCUT2D eigenvalue weighted by molar-refractivity contribution is 0.0961. The zero-order chi connectivity index (χ0) is 17.6. The van der Waals surface area contributed by atoms with Crippen molar-refractivity contribution in [3.8, 4) is 0 Å². The fourth-order valence-corrected chi connectivity index (χ4v) is 3.29. The lowest BCUT2D eigenvalue weighted by Crippen LogP contribution is -2.31. The fraction of sp³-hybridized carbons (Fsp3) is 0.400. The first-order valence-electron chi connectivity index (χ1n) is 8.95. The number of nitrogens with one attached hydrogen (secondary N) is 2. The minimum absolute atomic E-state index is 0.0476. The van der Waals surface area contributed by atoms with Crippen molar-refractivity contribution < 1.29 is 4.79 Å². The normalized spacial score (nSPS) is 14.9. The molecule has 0 radical (unpaired) electrons. The van der Waals surface area contributed by atoms with Crippen LogP contribution in [0.3, 0.4) is 0 Å². The molecule has 1 fully saturated rings. The number of hydrazine groups is 1. The van der Waals surface area contributed by atoms with Crippen molar-refractivity contribution in [3.63, 3.8) is 0 Å². The predicted octanol–water partition coefficient (Wildman–Crippen LogP) is 3.49. The van der Waals surface area contributed by atoms with E-state index in [1.165, 1.54) is 25.3 Å². The molecule has 1 amide bonds. The molecular formula is C20H25N3O2. The van der Waals surface area contributed by atoms with Crippen molar-refractivity contribution in [2.24, 2.45) is 5.92 Å². The molecule has 1 saturated carbocycles. The first kappa shape index (κ1) is 17.3. The topological polar surface area (TPSA) is 63.1 Å². The van der Waals surface area contributed by atoms with Gasteiger partial charge in [-0.25, -0.2) is 0 Å². The van der Waals surface area contributed by atoms with Crippen LogP contribution in [0.1, 0.15) is 48.0 Å². The standard InChI is InChI=1S/C20H25N3O2/c1-15-7-10-18(11-8-15)21-22-20(25)17-9-12-19(24)23(14-17)13-16-5-3-2-4-6-16/h7-12,14,16,21H,2-6,13H2,1H3,(H,22,25). The van der Waals surface area contributed by atoms with E-state index in [9.17, 15) is 9.59 Å². The number of rotatable bonds is 5. The van der Waals surface area contributed by atoms with Crippen molar-refractivity contribution in [1.82, 2.24) is 9.99 Å². The van der Waals surface area contributed by atoms with Crippen LogP contribution in [0.15, 0.2) is 47.4 Å². The van der Waals surface area contributed by atoms with E-state index in [2.05, 4.69) is 10.9 Å². The summed E-state index contributed by atoms with van der Waals surface area (Å²) in [5.41, 5.74) is 7.99. The van der Waals surface area contributed by atoms with E-state index in [0.717, 1.165) is 24.1 Å². The lowest BCUT2D eigenvalue weighted by atomic mass is 9.89. The number of anilines is 1. The minimum atomic E-state index is -0.252. The van der Waals surface area contributed by atoms with E-state index in [1.54, 1.807) is 16.8 Å². The van der Waals surface area contributed by atoms with Gasteiger partial charge < -0.3 is 4.57 Å². The van der Waals surface area contributed by atoms with Crippen molar-refractivity contribution in [1.29, 1.82) is 0 Å². The first-order valence-corrected chi connectivity index (χ1v) is 8.95. The molecule has 1 aromatic carbocycles. The summed E-state index contributed by atoms with van der Waals surface area (Å²) in [5.74, 6) is 0.286. The summed E-state index contributed by atoms with van der Waals surface area (Å²) in [6, 6.07) is 10.8. The van der Waals surface area contributed by atoms with E-state index in [-0.39, 0.29) is 11.5 Å². The third kappa shape index (κ3) is 4.72. The highest BCUT2D eigenvalue weighted by molar-refractivity contribution is 5.94. The Kier molecular flexibility index (Phi) is 5.53. The quantitative estimate of drug-likeness (QED) is 0.820. The molecule has 0 unspecified atom stereocenters. The van der Waals surface area contributed by atoms with Crippen LogP contribution in [0.4, 0.5) is 5.69 Å². The van der Waals surface area contributed by atoms with Gasteiger partial charge in [0.1, 0.15) is 0 Å². The average molecular weight is 339 g/mol. The third-order valence-corrected chi connectivity index (χ3v) is 4.80. The highest BCUT2D eigenvalue weighted by Crippen LogP contribution is 2.24. The Morgan fingerprint density at radius 1 is 1.08 bits per heavy atom.